The minimum atomic E-state index is -0.755. The van der Waals surface area contributed by atoms with Crippen LogP contribution in [0.5, 0.6) is 0 Å². The predicted octanol–water partition coefficient (Wildman–Crippen LogP) is 13.3. The summed E-state index contributed by atoms with van der Waals surface area (Å²) in [5.74, 6) is -0.865. The molecule has 6 nitrogen and oxygen atoms in total. The number of carbonyl (C=O) groups excluding carboxylic acids is 3. The lowest BCUT2D eigenvalue weighted by atomic mass is 10.0. The Balaban J connectivity index is 4.21. The molecule has 0 aliphatic heterocycles. The van der Waals surface area contributed by atoms with Crippen molar-refractivity contribution in [2.45, 2.75) is 245 Å². The summed E-state index contributed by atoms with van der Waals surface area (Å²) in [6.07, 6.45) is 38.1. The normalized spacial score (nSPS) is 11.8. The minimum Gasteiger partial charge on any atom is -0.462 e. The van der Waals surface area contributed by atoms with Crippen molar-refractivity contribution < 1.29 is 28.6 Å². The van der Waals surface area contributed by atoms with Crippen molar-refractivity contribution >= 4 is 17.9 Å². The molecule has 6 heteroatoms. The van der Waals surface area contributed by atoms with Crippen molar-refractivity contribution in [2.24, 2.45) is 0 Å². The molecule has 0 heterocycles. The van der Waals surface area contributed by atoms with Crippen LogP contribution in [0.2, 0.25) is 0 Å². The van der Waals surface area contributed by atoms with Crippen LogP contribution in [0.3, 0.4) is 0 Å². The van der Waals surface area contributed by atoms with Crippen LogP contribution in [0, 0.1) is 0 Å². The van der Waals surface area contributed by atoms with Crippen LogP contribution >= 0.6 is 0 Å². The van der Waals surface area contributed by atoms with Gasteiger partial charge in [-0.05, 0) is 19.3 Å². The van der Waals surface area contributed by atoms with Gasteiger partial charge in [0.25, 0.3) is 0 Å². The highest BCUT2D eigenvalue weighted by Gasteiger charge is 2.19. The van der Waals surface area contributed by atoms with Crippen LogP contribution < -0.4 is 0 Å². The van der Waals surface area contributed by atoms with E-state index in [1.165, 1.54) is 141 Å². The van der Waals surface area contributed by atoms with E-state index < -0.39 is 6.10 Å². The monoisotopic (exact) mass is 695 g/mol. The standard InChI is InChI=1S/C43H82O6/c1-4-7-10-13-16-18-19-20-21-22-23-25-28-30-33-36-42(45)48-39-40(49-43(46)37-34-31-26-15-12-9-6-3)38-47-41(44)35-32-29-27-24-17-14-11-8-5-2/h40H,4-39H2,1-3H3/t40-/m0/s1. The molecule has 0 saturated carbocycles. The molecule has 49 heavy (non-hydrogen) atoms. The zero-order chi connectivity index (χ0) is 35.9. The molecule has 0 rings (SSSR count). The van der Waals surface area contributed by atoms with E-state index in [-0.39, 0.29) is 31.1 Å². The lowest BCUT2D eigenvalue weighted by Gasteiger charge is -2.18. The Kier molecular flexibility index (Phi) is 37.9. The Hall–Kier alpha value is -1.59. The van der Waals surface area contributed by atoms with Gasteiger partial charge in [-0.15, -0.1) is 0 Å². The SMILES string of the molecule is CCCCCCCCCCCCCCCCCC(=O)OC[C@H](COC(=O)CCCCCCCCCCC)OC(=O)CCCCCCCCC. The van der Waals surface area contributed by atoms with Crippen LogP contribution in [0.4, 0.5) is 0 Å². The van der Waals surface area contributed by atoms with Gasteiger partial charge in [0, 0.05) is 19.3 Å². The number of hydrogen-bond acceptors (Lipinski definition) is 6. The van der Waals surface area contributed by atoms with Gasteiger partial charge in [0.05, 0.1) is 0 Å². The molecule has 0 aliphatic carbocycles. The minimum absolute atomic E-state index is 0.0638. The Morgan fingerprint density at radius 3 is 0.816 bits per heavy atom. The first-order chi connectivity index (χ1) is 24.0. The summed E-state index contributed by atoms with van der Waals surface area (Å²) in [7, 11) is 0. The second-order valence-electron chi connectivity index (χ2n) is 14.6. The molecular formula is C43H82O6. The second-order valence-corrected chi connectivity index (χ2v) is 14.6. The molecule has 0 saturated heterocycles. The Bertz CT molecular complexity index is 723. The summed E-state index contributed by atoms with van der Waals surface area (Å²) in [5, 5.41) is 0. The first-order valence-electron chi connectivity index (χ1n) is 21.5. The van der Waals surface area contributed by atoms with E-state index >= 15 is 0 Å². The number of hydrogen-bond donors (Lipinski definition) is 0. The molecule has 0 radical (unpaired) electrons. The summed E-state index contributed by atoms with van der Waals surface area (Å²) >= 11 is 0. The molecule has 0 bridgehead atoms. The molecule has 0 amide bonds. The number of carbonyl (C=O) groups is 3. The fourth-order valence-electron chi connectivity index (χ4n) is 6.32. The summed E-state index contributed by atoms with van der Waals surface area (Å²) in [4.78, 5) is 37.4. The highest BCUT2D eigenvalue weighted by atomic mass is 16.6. The third kappa shape index (κ3) is 37.5. The number of rotatable bonds is 39. The number of ether oxygens (including phenoxy) is 3. The summed E-state index contributed by atoms with van der Waals surface area (Å²) in [5.41, 5.74) is 0. The van der Waals surface area contributed by atoms with Gasteiger partial charge < -0.3 is 14.2 Å². The maximum atomic E-state index is 12.6. The number of unbranched alkanes of at least 4 members (excludes halogenated alkanes) is 28. The van der Waals surface area contributed by atoms with Gasteiger partial charge in [-0.1, -0.05) is 201 Å². The highest BCUT2D eigenvalue weighted by molar-refractivity contribution is 5.71. The van der Waals surface area contributed by atoms with Crippen LogP contribution in [0.1, 0.15) is 239 Å². The highest BCUT2D eigenvalue weighted by Crippen LogP contribution is 2.15. The van der Waals surface area contributed by atoms with Crippen LogP contribution in [-0.2, 0) is 28.6 Å². The van der Waals surface area contributed by atoms with Crippen molar-refractivity contribution in [3.8, 4) is 0 Å². The third-order valence-electron chi connectivity index (χ3n) is 9.61. The Morgan fingerprint density at radius 2 is 0.551 bits per heavy atom. The van der Waals surface area contributed by atoms with Crippen LogP contribution in [-0.4, -0.2) is 37.2 Å². The summed E-state index contributed by atoms with van der Waals surface area (Å²) in [6.45, 7) is 6.58. The molecule has 0 fully saturated rings. The Morgan fingerprint density at radius 1 is 0.327 bits per heavy atom. The average Bonchev–Trinajstić information content (AvgIpc) is 3.10. The first kappa shape index (κ1) is 47.4. The fraction of sp³-hybridized carbons (Fsp3) is 0.930. The van der Waals surface area contributed by atoms with Gasteiger partial charge in [0.15, 0.2) is 6.10 Å². The van der Waals surface area contributed by atoms with Crippen molar-refractivity contribution in [3.05, 3.63) is 0 Å². The summed E-state index contributed by atoms with van der Waals surface area (Å²) in [6, 6.07) is 0. The van der Waals surface area contributed by atoms with E-state index in [9.17, 15) is 14.4 Å². The quantitative estimate of drug-likeness (QED) is 0.0362. The largest absolute Gasteiger partial charge is 0.462 e. The zero-order valence-corrected chi connectivity index (χ0v) is 33.0. The maximum absolute atomic E-state index is 12.6. The molecule has 0 spiro atoms. The molecule has 0 unspecified atom stereocenters. The number of esters is 3. The molecule has 0 aliphatic rings. The van der Waals surface area contributed by atoms with Gasteiger partial charge in [0.2, 0.25) is 0 Å². The van der Waals surface area contributed by atoms with Gasteiger partial charge >= 0.3 is 17.9 Å². The van der Waals surface area contributed by atoms with E-state index in [0.717, 1.165) is 57.8 Å². The van der Waals surface area contributed by atoms with E-state index in [1.807, 2.05) is 0 Å². The van der Waals surface area contributed by atoms with Gasteiger partial charge in [-0.3, -0.25) is 14.4 Å². The van der Waals surface area contributed by atoms with Crippen molar-refractivity contribution in [1.29, 1.82) is 0 Å². The van der Waals surface area contributed by atoms with E-state index in [4.69, 9.17) is 14.2 Å². The first-order valence-corrected chi connectivity index (χ1v) is 21.5. The molecule has 0 N–H and O–H groups in total. The second kappa shape index (κ2) is 39.2. The average molecular weight is 695 g/mol. The fourth-order valence-corrected chi connectivity index (χ4v) is 6.32. The van der Waals surface area contributed by atoms with E-state index in [1.54, 1.807) is 0 Å². The molecule has 0 aromatic heterocycles. The van der Waals surface area contributed by atoms with E-state index in [2.05, 4.69) is 20.8 Å². The van der Waals surface area contributed by atoms with Crippen LogP contribution in [0.15, 0.2) is 0 Å². The van der Waals surface area contributed by atoms with E-state index in [0.29, 0.717) is 19.3 Å². The molecule has 0 aromatic carbocycles. The van der Waals surface area contributed by atoms with Crippen LogP contribution in [0.25, 0.3) is 0 Å². The molecular weight excluding hydrogens is 612 g/mol. The molecule has 290 valence electrons. The van der Waals surface area contributed by atoms with Crippen molar-refractivity contribution in [1.82, 2.24) is 0 Å². The van der Waals surface area contributed by atoms with Crippen molar-refractivity contribution in [2.75, 3.05) is 13.2 Å². The van der Waals surface area contributed by atoms with Crippen molar-refractivity contribution in [3.63, 3.8) is 0 Å². The topological polar surface area (TPSA) is 78.9 Å². The lowest BCUT2D eigenvalue weighted by molar-refractivity contribution is -0.167. The Labute approximate surface area is 304 Å². The maximum Gasteiger partial charge on any atom is 0.306 e. The zero-order valence-electron chi connectivity index (χ0n) is 33.0. The predicted molar refractivity (Wildman–Crippen MR) is 206 cm³/mol. The van der Waals surface area contributed by atoms with Gasteiger partial charge in [0.1, 0.15) is 13.2 Å². The molecule has 1 atom stereocenters. The lowest BCUT2D eigenvalue weighted by Crippen LogP contribution is -2.30. The van der Waals surface area contributed by atoms with Gasteiger partial charge in [-0.25, -0.2) is 0 Å². The third-order valence-corrected chi connectivity index (χ3v) is 9.61. The summed E-state index contributed by atoms with van der Waals surface area (Å²) < 4.78 is 16.6. The molecule has 0 aromatic rings. The van der Waals surface area contributed by atoms with Gasteiger partial charge in [-0.2, -0.15) is 0 Å². The smallest absolute Gasteiger partial charge is 0.306 e.